The van der Waals surface area contributed by atoms with Gasteiger partial charge in [-0.15, -0.1) is 0 Å². The van der Waals surface area contributed by atoms with Gasteiger partial charge in [-0.25, -0.2) is 0 Å². The maximum atomic E-state index is 6.19. The quantitative estimate of drug-likeness (QED) is 0.707. The highest BCUT2D eigenvalue weighted by atomic mass is 16.5. The Morgan fingerprint density at radius 2 is 0.958 bits per heavy atom. The summed E-state index contributed by atoms with van der Waals surface area (Å²) in [6.07, 6.45) is 0. The van der Waals surface area contributed by atoms with E-state index >= 15 is 0 Å². The smallest absolute Gasteiger partial charge is 0.118 e. The molecule has 0 spiro atoms. The van der Waals surface area contributed by atoms with Crippen molar-refractivity contribution < 1.29 is 9.47 Å². The summed E-state index contributed by atoms with van der Waals surface area (Å²) < 4.78 is 10.4. The molecule has 4 heteroatoms. The van der Waals surface area contributed by atoms with Crippen LogP contribution in [0.2, 0.25) is 0 Å². The molecule has 0 aromatic heterocycles. The molecule has 0 saturated carbocycles. The van der Waals surface area contributed by atoms with Crippen LogP contribution in [0.3, 0.4) is 0 Å². The lowest BCUT2D eigenvalue weighted by atomic mass is 9.96. The van der Waals surface area contributed by atoms with Crippen molar-refractivity contribution >= 4 is 11.4 Å². The van der Waals surface area contributed by atoms with Crippen LogP contribution in [-0.2, 0) is 0 Å². The summed E-state index contributed by atoms with van der Waals surface area (Å²) >= 11 is 0. The Bertz CT molecular complexity index is 772. The molecule has 0 aliphatic heterocycles. The Balaban J connectivity index is 2.07. The topological polar surface area (TPSA) is 70.5 Å². The van der Waals surface area contributed by atoms with E-state index in [1.165, 1.54) is 0 Å². The summed E-state index contributed by atoms with van der Waals surface area (Å²) in [6, 6.07) is 19.4. The molecule has 3 aromatic rings. The molecule has 0 saturated heterocycles. The molecule has 0 aliphatic carbocycles. The highest BCUT2D eigenvalue weighted by Gasteiger charge is 2.10. The standard InChI is InChI=1S/C20H20N2O2/c1-23-15-7-3-13(4-8-15)17-11-18(20(22)12-19(17)21)14-5-9-16(24-2)10-6-14/h3-12H,21-22H2,1-2H3. The van der Waals surface area contributed by atoms with Gasteiger partial charge >= 0.3 is 0 Å². The molecule has 0 fully saturated rings. The van der Waals surface area contributed by atoms with Crippen LogP contribution in [0.5, 0.6) is 11.5 Å². The molecule has 0 heterocycles. The second-order valence-electron chi connectivity index (χ2n) is 5.48. The minimum absolute atomic E-state index is 0.648. The van der Waals surface area contributed by atoms with Gasteiger partial charge in [0.15, 0.2) is 0 Å². The molecule has 4 N–H and O–H groups in total. The second kappa shape index (κ2) is 6.54. The molecule has 0 unspecified atom stereocenters. The van der Waals surface area contributed by atoms with Crippen LogP contribution in [0.25, 0.3) is 22.3 Å². The van der Waals surface area contributed by atoms with Crippen molar-refractivity contribution in [2.45, 2.75) is 0 Å². The van der Waals surface area contributed by atoms with Gasteiger partial charge in [0.05, 0.1) is 14.2 Å². The highest BCUT2D eigenvalue weighted by molar-refractivity contribution is 5.88. The lowest BCUT2D eigenvalue weighted by Crippen LogP contribution is -1.97. The predicted octanol–water partition coefficient (Wildman–Crippen LogP) is 4.20. The number of anilines is 2. The first kappa shape index (κ1) is 15.7. The number of hydrogen-bond donors (Lipinski definition) is 2. The van der Waals surface area contributed by atoms with E-state index in [-0.39, 0.29) is 0 Å². The molecule has 3 aromatic carbocycles. The maximum Gasteiger partial charge on any atom is 0.118 e. The summed E-state index contributed by atoms with van der Waals surface area (Å²) in [5, 5.41) is 0. The number of benzene rings is 3. The molecule has 4 nitrogen and oxygen atoms in total. The lowest BCUT2D eigenvalue weighted by Gasteiger charge is -2.13. The van der Waals surface area contributed by atoms with Crippen LogP contribution < -0.4 is 20.9 Å². The van der Waals surface area contributed by atoms with Gasteiger partial charge < -0.3 is 20.9 Å². The molecule has 0 atom stereocenters. The first-order chi connectivity index (χ1) is 11.6. The monoisotopic (exact) mass is 320 g/mol. The van der Waals surface area contributed by atoms with Crippen LogP contribution >= 0.6 is 0 Å². The van der Waals surface area contributed by atoms with Crippen molar-refractivity contribution in [3.8, 4) is 33.8 Å². The minimum Gasteiger partial charge on any atom is -0.497 e. The van der Waals surface area contributed by atoms with Crippen LogP contribution in [0, 0.1) is 0 Å². The van der Waals surface area contributed by atoms with Crippen molar-refractivity contribution in [2.24, 2.45) is 0 Å². The third-order valence-electron chi connectivity index (χ3n) is 4.02. The van der Waals surface area contributed by atoms with Crippen LogP contribution in [0.1, 0.15) is 0 Å². The fourth-order valence-electron chi connectivity index (χ4n) is 2.68. The Morgan fingerprint density at radius 1 is 0.583 bits per heavy atom. The molecular weight excluding hydrogens is 300 g/mol. The third kappa shape index (κ3) is 2.99. The van der Waals surface area contributed by atoms with Gasteiger partial charge in [-0.05, 0) is 47.5 Å². The molecule has 0 radical (unpaired) electrons. The van der Waals surface area contributed by atoms with E-state index in [1.807, 2.05) is 54.6 Å². The fraction of sp³-hybridized carbons (Fsp3) is 0.100. The largest absolute Gasteiger partial charge is 0.497 e. The van der Waals surface area contributed by atoms with Gasteiger partial charge in [0, 0.05) is 22.5 Å². The van der Waals surface area contributed by atoms with E-state index in [4.69, 9.17) is 20.9 Å². The van der Waals surface area contributed by atoms with Crippen LogP contribution in [0.15, 0.2) is 60.7 Å². The molecule has 3 rings (SSSR count). The highest BCUT2D eigenvalue weighted by Crippen LogP contribution is 2.36. The zero-order valence-corrected chi connectivity index (χ0v) is 13.7. The van der Waals surface area contributed by atoms with E-state index in [2.05, 4.69) is 0 Å². The van der Waals surface area contributed by atoms with E-state index in [0.29, 0.717) is 11.4 Å². The fourth-order valence-corrected chi connectivity index (χ4v) is 2.68. The van der Waals surface area contributed by atoms with Gasteiger partial charge in [-0.1, -0.05) is 24.3 Å². The molecule has 0 amide bonds. The van der Waals surface area contributed by atoms with Crippen molar-refractivity contribution in [1.29, 1.82) is 0 Å². The first-order valence-electron chi connectivity index (χ1n) is 7.60. The van der Waals surface area contributed by atoms with Gasteiger partial charge in [-0.3, -0.25) is 0 Å². The average Bonchev–Trinajstić information content (AvgIpc) is 2.62. The average molecular weight is 320 g/mol. The van der Waals surface area contributed by atoms with Crippen molar-refractivity contribution in [1.82, 2.24) is 0 Å². The normalized spacial score (nSPS) is 10.4. The van der Waals surface area contributed by atoms with Gasteiger partial charge in [0.1, 0.15) is 11.5 Å². The summed E-state index contributed by atoms with van der Waals surface area (Å²) in [4.78, 5) is 0. The zero-order chi connectivity index (χ0) is 17.1. The van der Waals surface area contributed by atoms with Gasteiger partial charge in [0.25, 0.3) is 0 Å². The number of rotatable bonds is 4. The molecular formula is C20H20N2O2. The van der Waals surface area contributed by atoms with E-state index < -0.39 is 0 Å². The Kier molecular flexibility index (Phi) is 4.29. The number of hydrogen-bond acceptors (Lipinski definition) is 4. The predicted molar refractivity (Wildman–Crippen MR) is 99.2 cm³/mol. The summed E-state index contributed by atoms with van der Waals surface area (Å²) in [5.41, 5.74) is 17.6. The Morgan fingerprint density at radius 3 is 1.29 bits per heavy atom. The SMILES string of the molecule is COc1ccc(-c2cc(-c3ccc(OC)cc3)c(N)cc2N)cc1. The van der Waals surface area contributed by atoms with Crippen molar-refractivity contribution in [3.05, 3.63) is 60.7 Å². The third-order valence-corrected chi connectivity index (χ3v) is 4.02. The first-order valence-corrected chi connectivity index (χ1v) is 7.60. The van der Waals surface area contributed by atoms with Crippen molar-refractivity contribution in [2.75, 3.05) is 25.7 Å². The van der Waals surface area contributed by atoms with E-state index in [9.17, 15) is 0 Å². The minimum atomic E-state index is 0.648. The van der Waals surface area contributed by atoms with Crippen molar-refractivity contribution in [3.63, 3.8) is 0 Å². The Hall–Kier alpha value is -3.14. The Labute approximate surface area is 141 Å². The summed E-state index contributed by atoms with van der Waals surface area (Å²) in [5.74, 6) is 1.62. The zero-order valence-electron chi connectivity index (χ0n) is 13.7. The number of ether oxygens (including phenoxy) is 2. The molecule has 0 bridgehead atoms. The van der Waals surface area contributed by atoms with Crippen LogP contribution in [0.4, 0.5) is 11.4 Å². The number of methoxy groups -OCH3 is 2. The molecule has 122 valence electrons. The van der Waals surface area contributed by atoms with Gasteiger partial charge in [0.2, 0.25) is 0 Å². The molecule has 0 aliphatic rings. The summed E-state index contributed by atoms with van der Waals surface area (Å²) in [6.45, 7) is 0. The maximum absolute atomic E-state index is 6.19. The number of nitrogen functional groups attached to an aromatic ring is 2. The summed E-state index contributed by atoms with van der Waals surface area (Å²) in [7, 11) is 3.29. The lowest BCUT2D eigenvalue weighted by molar-refractivity contribution is 0.415. The number of nitrogens with two attached hydrogens (primary N) is 2. The second-order valence-corrected chi connectivity index (χ2v) is 5.48. The van der Waals surface area contributed by atoms with Crippen LogP contribution in [-0.4, -0.2) is 14.2 Å². The van der Waals surface area contributed by atoms with E-state index in [1.54, 1.807) is 20.3 Å². The van der Waals surface area contributed by atoms with Gasteiger partial charge in [-0.2, -0.15) is 0 Å². The van der Waals surface area contributed by atoms with E-state index in [0.717, 1.165) is 33.8 Å². The molecule has 24 heavy (non-hydrogen) atoms.